The zero-order chi connectivity index (χ0) is 40.4. The number of benzene rings is 9. The molecule has 1 aromatic heterocycles. The van der Waals surface area contributed by atoms with Gasteiger partial charge in [0, 0.05) is 42.4 Å². The topological polar surface area (TPSA) is 38.4 Å². The van der Waals surface area contributed by atoms with Gasteiger partial charge in [0.15, 0.2) is 0 Å². The second kappa shape index (κ2) is 14.3. The predicted molar refractivity (Wildman–Crippen MR) is 258 cm³/mol. The minimum atomic E-state index is -0.0492. The van der Waals surface area contributed by atoms with Crippen LogP contribution in [0, 0.1) is 0 Å². The molecule has 2 nitrogen and oxygen atoms in total. The van der Waals surface area contributed by atoms with E-state index in [4.69, 9.17) is 10.7 Å². The summed E-state index contributed by atoms with van der Waals surface area (Å²) in [5, 5.41) is 7.35. The summed E-state index contributed by atoms with van der Waals surface area (Å²) in [6, 6.07) is 68.1. The van der Waals surface area contributed by atoms with E-state index in [1.165, 1.54) is 75.5 Å². The number of allylic oxidation sites excluding steroid dienone is 1. The first-order chi connectivity index (χ1) is 29.4. The molecular weight excluding hydrogens is 745 g/mol. The van der Waals surface area contributed by atoms with Gasteiger partial charge in [0.05, 0.1) is 12.3 Å². The normalized spacial score (nSPS) is 13.6. The molecule has 0 radical (unpaired) electrons. The quantitative estimate of drug-likeness (QED) is 0.161. The standard InChI is InChI=1S/C57H42N2S/c1-57(2)49-31-28-40(33-48(49)55-42-16-7-6-15-38(42)27-32-50(55)57)37-23-25-39(26-24-37)41-29-30-45(44-18-9-8-17-43(41)44)51(58)34-52(59-35-36-13-4-3-5-14-36)46-20-12-22-54-56(46)47-19-10-11-21-53(47)60-54/h3-34H,35,58H2,1-2H3/b51-34-,59-52?. The highest BCUT2D eigenvalue weighted by Crippen LogP contribution is 2.52. The molecule has 0 fully saturated rings. The summed E-state index contributed by atoms with van der Waals surface area (Å²) >= 11 is 1.82. The first kappa shape index (κ1) is 36.0. The van der Waals surface area contributed by atoms with Crippen LogP contribution in [-0.2, 0) is 12.0 Å². The molecule has 2 N–H and O–H groups in total. The molecule has 1 aliphatic rings. The van der Waals surface area contributed by atoms with Crippen LogP contribution < -0.4 is 5.73 Å². The summed E-state index contributed by atoms with van der Waals surface area (Å²) in [6.07, 6.45) is 2.08. The molecule has 1 heterocycles. The van der Waals surface area contributed by atoms with Crippen LogP contribution in [0.4, 0.5) is 0 Å². The lowest BCUT2D eigenvalue weighted by Gasteiger charge is -2.21. The van der Waals surface area contributed by atoms with E-state index in [0.717, 1.165) is 33.2 Å². The Hall–Kier alpha value is -7.07. The monoisotopic (exact) mass is 786 g/mol. The van der Waals surface area contributed by atoms with E-state index in [1.807, 2.05) is 17.4 Å². The second-order valence-corrected chi connectivity index (χ2v) is 17.5. The third-order valence-electron chi connectivity index (χ3n) is 12.6. The van der Waals surface area contributed by atoms with Crippen LogP contribution in [0.3, 0.4) is 0 Å². The van der Waals surface area contributed by atoms with E-state index in [2.05, 4.69) is 202 Å². The minimum absolute atomic E-state index is 0.0492. The van der Waals surface area contributed by atoms with Gasteiger partial charge in [-0.05, 0) is 95.9 Å². The van der Waals surface area contributed by atoms with Crippen molar-refractivity contribution in [2.45, 2.75) is 25.8 Å². The summed E-state index contributed by atoms with van der Waals surface area (Å²) in [5.74, 6) is 0. The van der Waals surface area contributed by atoms with E-state index in [1.54, 1.807) is 0 Å². The summed E-state index contributed by atoms with van der Waals surface area (Å²) in [7, 11) is 0. The third kappa shape index (κ3) is 5.96. The molecule has 0 spiro atoms. The van der Waals surface area contributed by atoms with Crippen molar-refractivity contribution in [3.63, 3.8) is 0 Å². The number of nitrogens with two attached hydrogens (primary N) is 1. The average molecular weight is 787 g/mol. The van der Waals surface area contributed by atoms with Crippen LogP contribution in [0.15, 0.2) is 199 Å². The van der Waals surface area contributed by atoms with Crippen LogP contribution in [0.1, 0.15) is 41.7 Å². The highest BCUT2D eigenvalue weighted by molar-refractivity contribution is 7.25. The Morgan fingerprint density at radius 3 is 2.03 bits per heavy atom. The smallest absolute Gasteiger partial charge is 0.0678 e. The van der Waals surface area contributed by atoms with Gasteiger partial charge in [-0.2, -0.15) is 0 Å². The van der Waals surface area contributed by atoms with Crippen molar-refractivity contribution in [2.24, 2.45) is 10.7 Å². The number of nitrogens with zero attached hydrogens (tertiary/aromatic N) is 1. The molecule has 3 heteroatoms. The van der Waals surface area contributed by atoms with Crippen molar-refractivity contribution >= 4 is 64.5 Å². The lowest BCUT2D eigenvalue weighted by molar-refractivity contribution is 0.661. The Balaban J connectivity index is 0.968. The third-order valence-corrected chi connectivity index (χ3v) is 13.7. The Bertz CT molecular complexity index is 3370. The molecule has 11 rings (SSSR count). The molecule has 0 unspecified atom stereocenters. The fourth-order valence-corrected chi connectivity index (χ4v) is 10.7. The van der Waals surface area contributed by atoms with Gasteiger partial charge >= 0.3 is 0 Å². The van der Waals surface area contributed by atoms with Gasteiger partial charge in [0.2, 0.25) is 0 Å². The highest BCUT2D eigenvalue weighted by atomic mass is 32.1. The van der Waals surface area contributed by atoms with Gasteiger partial charge in [0.25, 0.3) is 0 Å². The SMILES string of the molecule is CC1(C)c2ccc(-c3ccc(-c4ccc(/C(N)=C/C(=NCc5ccccc5)c5cccc6sc7ccccc7c56)c5ccccc45)cc3)cc2-c2c1ccc1ccccc21. The minimum Gasteiger partial charge on any atom is -0.398 e. The summed E-state index contributed by atoms with van der Waals surface area (Å²) in [6.45, 7) is 5.26. The van der Waals surface area contributed by atoms with Crippen molar-refractivity contribution in [1.82, 2.24) is 0 Å². The maximum absolute atomic E-state index is 7.17. The Morgan fingerprint density at radius 2 is 1.20 bits per heavy atom. The Morgan fingerprint density at radius 1 is 0.533 bits per heavy atom. The molecule has 0 amide bonds. The van der Waals surface area contributed by atoms with Crippen molar-refractivity contribution in [3.8, 4) is 33.4 Å². The highest BCUT2D eigenvalue weighted by Gasteiger charge is 2.36. The van der Waals surface area contributed by atoms with Gasteiger partial charge < -0.3 is 5.73 Å². The molecule has 60 heavy (non-hydrogen) atoms. The molecule has 10 aromatic rings. The number of hydrogen-bond acceptors (Lipinski definition) is 3. The number of fused-ring (bicyclic) bond motifs is 9. The molecular formula is C57H42N2S. The van der Waals surface area contributed by atoms with Crippen molar-refractivity contribution in [3.05, 3.63) is 222 Å². The molecule has 0 bridgehead atoms. The Kier molecular flexibility index (Phi) is 8.61. The number of aliphatic imine (C=N–C) groups is 1. The van der Waals surface area contributed by atoms with E-state index in [0.29, 0.717) is 12.2 Å². The summed E-state index contributed by atoms with van der Waals surface area (Å²) < 4.78 is 2.51. The number of thiophene rings is 1. The van der Waals surface area contributed by atoms with Crippen LogP contribution in [0.5, 0.6) is 0 Å². The van der Waals surface area contributed by atoms with E-state index >= 15 is 0 Å². The number of rotatable bonds is 7. The number of hydrogen-bond donors (Lipinski definition) is 1. The first-order valence-electron chi connectivity index (χ1n) is 20.7. The van der Waals surface area contributed by atoms with Gasteiger partial charge in [-0.15, -0.1) is 11.3 Å². The van der Waals surface area contributed by atoms with Gasteiger partial charge in [-0.1, -0.05) is 184 Å². The van der Waals surface area contributed by atoms with Crippen LogP contribution >= 0.6 is 11.3 Å². The maximum atomic E-state index is 7.17. The first-order valence-corrected chi connectivity index (χ1v) is 21.5. The summed E-state index contributed by atoms with van der Waals surface area (Å²) in [4.78, 5) is 5.26. The fraction of sp³-hybridized carbons (Fsp3) is 0.0702. The largest absolute Gasteiger partial charge is 0.398 e. The van der Waals surface area contributed by atoms with Gasteiger partial charge in [-0.3, -0.25) is 4.99 Å². The average Bonchev–Trinajstić information content (AvgIpc) is 3.79. The van der Waals surface area contributed by atoms with Crippen LogP contribution in [-0.4, -0.2) is 5.71 Å². The fourth-order valence-electron chi connectivity index (χ4n) is 9.53. The predicted octanol–water partition coefficient (Wildman–Crippen LogP) is 15.0. The zero-order valence-electron chi connectivity index (χ0n) is 33.6. The van der Waals surface area contributed by atoms with E-state index in [9.17, 15) is 0 Å². The molecule has 9 aromatic carbocycles. The van der Waals surface area contributed by atoms with Crippen molar-refractivity contribution < 1.29 is 0 Å². The molecule has 286 valence electrons. The summed E-state index contributed by atoms with van der Waals surface area (Å²) in [5.41, 5.74) is 22.2. The molecule has 0 saturated carbocycles. The van der Waals surface area contributed by atoms with E-state index < -0.39 is 0 Å². The molecule has 0 aliphatic heterocycles. The van der Waals surface area contributed by atoms with Crippen molar-refractivity contribution in [1.29, 1.82) is 0 Å². The second-order valence-electron chi connectivity index (χ2n) is 16.4. The maximum Gasteiger partial charge on any atom is 0.0678 e. The molecule has 0 atom stereocenters. The molecule has 0 saturated heterocycles. The molecule has 1 aliphatic carbocycles. The Labute approximate surface area is 354 Å². The zero-order valence-corrected chi connectivity index (χ0v) is 34.4. The van der Waals surface area contributed by atoms with Gasteiger partial charge in [-0.25, -0.2) is 0 Å². The van der Waals surface area contributed by atoms with Crippen molar-refractivity contribution in [2.75, 3.05) is 0 Å². The van der Waals surface area contributed by atoms with E-state index in [-0.39, 0.29) is 5.41 Å². The van der Waals surface area contributed by atoms with Gasteiger partial charge in [0.1, 0.15) is 0 Å². The lowest BCUT2D eigenvalue weighted by Crippen LogP contribution is -2.14. The van der Waals surface area contributed by atoms with Crippen LogP contribution in [0.25, 0.3) is 80.8 Å². The lowest BCUT2D eigenvalue weighted by atomic mass is 9.82. The van der Waals surface area contributed by atoms with Crippen LogP contribution in [0.2, 0.25) is 0 Å².